The van der Waals surface area contributed by atoms with Gasteiger partial charge in [0.15, 0.2) is 0 Å². The summed E-state index contributed by atoms with van der Waals surface area (Å²) in [5.41, 5.74) is 1.25. The molecule has 0 aliphatic heterocycles. The molecular formula is C18H17ClFNO4. The second-order valence-electron chi connectivity index (χ2n) is 5.43. The van der Waals surface area contributed by atoms with Crippen LogP contribution in [0.15, 0.2) is 42.5 Å². The number of benzene rings is 2. The number of methoxy groups -OCH3 is 1. The van der Waals surface area contributed by atoms with Gasteiger partial charge in [-0.3, -0.25) is 4.79 Å². The zero-order valence-corrected chi connectivity index (χ0v) is 14.2. The molecule has 0 aliphatic carbocycles. The molecule has 0 radical (unpaired) electrons. The van der Waals surface area contributed by atoms with E-state index in [2.05, 4.69) is 5.32 Å². The first-order chi connectivity index (χ1) is 11.9. The van der Waals surface area contributed by atoms with Crippen LogP contribution in [0.4, 0.5) is 4.39 Å². The van der Waals surface area contributed by atoms with Crippen LogP contribution in [-0.4, -0.2) is 30.1 Å². The number of nitrogens with one attached hydrogen (secondary N) is 1. The van der Waals surface area contributed by atoms with E-state index in [-0.39, 0.29) is 12.8 Å². The highest BCUT2D eigenvalue weighted by molar-refractivity contribution is 6.32. The van der Waals surface area contributed by atoms with E-state index in [1.165, 1.54) is 31.4 Å². The number of carbonyl (C=O) groups is 2. The summed E-state index contributed by atoms with van der Waals surface area (Å²) in [5, 5.41) is 12.2. The normalized spacial score (nSPS) is 11.6. The third-order valence-corrected chi connectivity index (χ3v) is 3.86. The van der Waals surface area contributed by atoms with Gasteiger partial charge >= 0.3 is 5.97 Å². The van der Waals surface area contributed by atoms with Crippen molar-refractivity contribution in [2.24, 2.45) is 0 Å². The molecule has 2 aromatic rings. The van der Waals surface area contributed by atoms with E-state index < -0.39 is 23.7 Å². The lowest BCUT2D eigenvalue weighted by Crippen LogP contribution is -2.43. The quantitative estimate of drug-likeness (QED) is 0.791. The van der Waals surface area contributed by atoms with Crippen molar-refractivity contribution < 1.29 is 23.8 Å². The van der Waals surface area contributed by atoms with Crippen molar-refractivity contribution in [3.8, 4) is 5.75 Å². The summed E-state index contributed by atoms with van der Waals surface area (Å²) >= 11 is 6.03. The molecule has 2 rings (SSSR count). The van der Waals surface area contributed by atoms with Gasteiger partial charge in [-0.15, -0.1) is 0 Å². The van der Waals surface area contributed by atoms with Gasteiger partial charge in [-0.25, -0.2) is 9.18 Å². The number of carboxylic acid groups (broad SMARTS) is 1. The Kier molecular flexibility index (Phi) is 6.36. The largest absolute Gasteiger partial charge is 0.495 e. The van der Waals surface area contributed by atoms with Gasteiger partial charge in [0.05, 0.1) is 18.6 Å². The summed E-state index contributed by atoms with van der Waals surface area (Å²) in [7, 11) is 1.48. The Bertz CT molecular complexity index is 764. The summed E-state index contributed by atoms with van der Waals surface area (Å²) in [6.45, 7) is 0. The topological polar surface area (TPSA) is 75.6 Å². The Morgan fingerprint density at radius 1 is 1.20 bits per heavy atom. The Morgan fingerprint density at radius 2 is 1.84 bits per heavy atom. The highest BCUT2D eigenvalue weighted by atomic mass is 35.5. The standard InChI is InChI=1S/C18H17ClFNO4/c1-25-16-7-4-12(8-14(16)19)9-15(18(23)24)21-17(22)10-11-2-5-13(20)6-3-11/h2-8,15H,9-10H2,1H3,(H,21,22)(H,23,24)/t15-/m1/s1. The number of aliphatic carboxylic acids is 1. The van der Waals surface area contributed by atoms with Gasteiger partial charge in [0.25, 0.3) is 0 Å². The number of halogens is 2. The third kappa shape index (κ3) is 5.46. The van der Waals surface area contributed by atoms with E-state index in [0.29, 0.717) is 21.9 Å². The highest BCUT2D eigenvalue weighted by Gasteiger charge is 2.21. The third-order valence-electron chi connectivity index (χ3n) is 3.57. The summed E-state index contributed by atoms with van der Waals surface area (Å²) in [6, 6.07) is 9.28. The van der Waals surface area contributed by atoms with E-state index in [4.69, 9.17) is 16.3 Å². The maximum Gasteiger partial charge on any atom is 0.326 e. The van der Waals surface area contributed by atoms with E-state index >= 15 is 0 Å². The monoisotopic (exact) mass is 365 g/mol. The van der Waals surface area contributed by atoms with Gasteiger partial charge in [-0.05, 0) is 35.4 Å². The lowest BCUT2D eigenvalue weighted by Gasteiger charge is -2.15. The molecule has 0 aliphatic rings. The fourth-order valence-electron chi connectivity index (χ4n) is 2.31. The molecule has 0 heterocycles. The van der Waals surface area contributed by atoms with Crippen molar-refractivity contribution in [1.82, 2.24) is 5.32 Å². The average molecular weight is 366 g/mol. The SMILES string of the molecule is COc1ccc(C[C@@H](NC(=O)Cc2ccc(F)cc2)C(=O)O)cc1Cl. The Hall–Kier alpha value is -2.60. The van der Waals surface area contributed by atoms with E-state index in [0.717, 1.165) is 0 Å². The molecule has 1 amide bonds. The van der Waals surface area contributed by atoms with Crippen LogP contribution >= 0.6 is 11.6 Å². The van der Waals surface area contributed by atoms with Gasteiger partial charge in [-0.1, -0.05) is 29.8 Å². The highest BCUT2D eigenvalue weighted by Crippen LogP contribution is 2.25. The zero-order chi connectivity index (χ0) is 18.4. The summed E-state index contributed by atoms with van der Waals surface area (Å²) in [6.07, 6.45) is 0.0433. The van der Waals surface area contributed by atoms with Gasteiger partial charge in [0.1, 0.15) is 17.6 Å². The van der Waals surface area contributed by atoms with Crippen molar-refractivity contribution in [1.29, 1.82) is 0 Å². The van der Waals surface area contributed by atoms with Crippen LogP contribution < -0.4 is 10.1 Å². The van der Waals surface area contributed by atoms with Crippen LogP contribution in [0.25, 0.3) is 0 Å². The minimum atomic E-state index is -1.15. The molecule has 0 fully saturated rings. The van der Waals surface area contributed by atoms with Crippen molar-refractivity contribution in [3.63, 3.8) is 0 Å². The molecule has 132 valence electrons. The molecule has 0 spiro atoms. The average Bonchev–Trinajstić information content (AvgIpc) is 2.56. The predicted molar refractivity (Wildman–Crippen MR) is 91.4 cm³/mol. The molecule has 7 heteroatoms. The molecule has 0 aromatic heterocycles. The molecule has 2 aromatic carbocycles. The first-order valence-corrected chi connectivity index (χ1v) is 7.86. The van der Waals surface area contributed by atoms with Gasteiger partial charge < -0.3 is 15.2 Å². The summed E-state index contributed by atoms with van der Waals surface area (Å²) in [4.78, 5) is 23.5. The number of hydrogen-bond donors (Lipinski definition) is 2. The first kappa shape index (κ1) is 18.7. The Balaban J connectivity index is 2.02. The van der Waals surface area contributed by atoms with Crippen LogP contribution in [0.1, 0.15) is 11.1 Å². The van der Waals surface area contributed by atoms with Gasteiger partial charge in [0, 0.05) is 6.42 Å². The molecule has 0 bridgehead atoms. The second kappa shape index (κ2) is 8.48. The first-order valence-electron chi connectivity index (χ1n) is 7.48. The Morgan fingerprint density at radius 3 is 2.40 bits per heavy atom. The lowest BCUT2D eigenvalue weighted by atomic mass is 10.0. The van der Waals surface area contributed by atoms with E-state index in [1.54, 1.807) is 18.2 Å². The zero-order valence-electron chi connectivity index (χ0n) is 13.5. The fraction of sp³-hybridized carbons (Fsp3) is 0.222. The molecule has 25 heavy (non-hydrogen) atoms. The Labute approximate surface area is 149 Å². The lowest BCUT2D eigenvalue weighted by molar-refractivity contribution is -0.141. The molecular weight excluding hydrogens is 349 g/mol. The smallest absolute Gasteiger partial charge is 0.326 e. The molecule has 0 unspecified atom stereocenters. The number of rotatable bonds is 7. The van der Waals surface area contributed by atoms with Crippen LogP contribution in [0.5, 0.6) is 5.75 Å². The minimum Gasteiger partial charge on any atom is -0.495 e. The van der Waals surface area contributed by atoms with Crippen molar-refractivity contribution in [2.45, 2.75) is 18.9 Å². The minimum absolute atomic E-state index is 0.0343. The van der Waals surface area contributed by atoms with Crippen LogP contribution in [0.2, 0.25) is 5.02 Å². The number of amides is 1. The molecule has 5 nitrogen and oxygen atoms in total. The van der Waals surface area contributed by atoms with E-state index in [1.807, 2.05) is 0 Å². The van der Waals surface area contributed by atoms with Crippen molar-refractivity contribution in [3.05, 3.63) is 64.4 Å². The van der Waals surface area contributed by atoms with Crippen LogP contribution in [0, 0.1) is 5.82 Å². The number of ether oxygens (including phenoxy) is 1. The number of carboxylic acids is 1. The van der Waals surface area contributed by atoms with E-state index in [9.17, 15) is 19.1 Å². The maximum absolute atomic E-state index is 12.9. The molecule has 1 atom stereocenters. The fourth-order valence-corrected chi connectivity index (χ4v) is 2.59. The molecule has 0 saturated heterocycles. The maximum atomic E-state index is 12.9. The van der Waals surface area contributed by atoms with Crippen molar-refractivity contribution in [2.75, 3.05) is 7.11 Å². The summed E-state index contributed by atoms with van der Waals surface area (Å²) in [5.74, 6) is -1.53. The number of hydrogen-bond acceptors (Lipinski definition) is 3. The molecule has 2 N–H and O–H groups in total. The van der Waals surface area contributed by atoms with Gasteiger partial charge in [0.2, 0.25) is 5.91 Å². The predicted octanol–water partition coefficient (Wildman–Crippen LogP) is 2.84. The van der Waals surface area contributed by atoms with Crippen LogP contribution in [0.3, 0.4) is 0 Å². The van der Waals surface area contributed by atoms with Crippen molar-refractivity contribution >= 4 is 23.5 Å². The van der Waals surface area contributed by atoms with Crippen LogP contribution in [-0.2, 0) is 22.4 Å². The van der Waals surface area contributed by atoms with Gasteiger partial charge in [-0.2, -0.15) is 0 Å². The summed E-state index contributed by atoms with van der Waals surface area (Å²) < 4.78 is 17.9. The number of carbonyl (C=O) groups excluding carboxylic acids is 1. The second-order valence-corrected chi connectivity index (χ2v) is 5.84. The molecule has 0 saturated carbocycles.